The van der Waals surface area contributed by atoms with Crippen molar-refractivity contribution < 1.29 is 13.9 Å². The number of furan rings is 1. The van der Waals surface area contributed by atoms with Gasteiger partial charge in [0.05, 0.1) is 17.9 Å². The van der Waals surface area contributed by atoms with E-state index in [-0.39, 0.29) is 5.91 Å². The first kappa shape index (κ1) is 16.2. The molecule has 1 amide bonds. The van der Waals surface area contributed by atoms with Crippen molar-refractivity contribution in [3.8, 4) is 0 Å². The third kappa shape index (κ3) is 2.68. The van der Waals surface area contributed by atoms with Crippen LogP contribution in [0.1, 0.15) is 55.8 Å². The third-order valence-electron chi connectivity index (χ3n) is 6.42. The van der Waals surface area contributed by atoms with Crippen LogP contribution in [0.25, 0.3) is 0 Å². The zero-order chi connectivity index (χ0) is 16.6. The number of rotatable bonds is 5. The van der Waals surface area contributed by atoms with Crippen LogP contribution in [0.5, 0.6) is 0 Å². The lowest BCUT2D eigenvalue weighted by Gasteiger charge is -2.62. The molecule has 2 atom stereocenters. The average Bonchev–Trinajstić information content (AvgIpc) is 3.06. The Morgan fingerprint density at radius 3 is 2.79 bits per heavy atom. The fourth-order valence-electron chi connectivity index (χ4n) is 4.77. The van der Waals surface area contributed by atoms with Crippen LogP contribution in [0.3, 0.4) is 0 Å². The molecule has 24 heavy (non-hydrogen) atoms. The normalized spacial score (nSPS) is 29.3. The fraction of sp³-hybridized carbons (Fsp3) is 0.737. The van der Waals surface area contributed by atoms with Gasteiger partial charge in [-0.15, -0.1) is 0 Å². The van der Waals surface area contributed by atoms with Crippen molar-refractivity contribution in [3.05, 3.63) is 24.2 Å². The smallest absolute Gasteiger partial charge is 0.257 e. The topological polar surface area (TPSA) is 54.7 Å². The number of likely N-dealkylation sites (tertiary alicyclic amines) is 1. The Kier molecular flexibility index (Phi) is 4.39. The Morgan fingerprint density at radius 1 is 1.42 bits per heavy atom. The number of ether oxygens (including phenoxy) is 1. The molecule has 2 saturated carbocycles. The molecule has 132 valence electrons. The number of hydrogen-bond donors (Lipinski definition) is 1. The van der Waals surface area contributed by atoms with Crippen LogP contribution in [0, 0.1) is 5.41 Å². The van der Waals surface area contributed by atoms with Gasteiger partial charge in [-0.1, -0.05) is 6.42 Å². The van der Waals surface area contributed by atoms with E-state index in [1.54, 1.807) is 12.3 Å². The molecular weight excluding hydrogens is 304 g/mol. The molecule has 0 aromatic carbocycles. The highest BCUT2D eigenvalue weighted by atomic mass is 16.5. The predicted octanol–water partition coefficient (Wildman–Crippen LogP) is 2.82. The lowest BCUT2D eigenvalue weighted by Crippen LogP contribution is -2.68. The predicted molar refractivity (Wildman–Crippen MR) is 90.9 cm³/mol. The van der Waals surface area contributed by atoms with E-state index in [1.165, 1.54) is 25.5 Å². The van der Waals surface area contributed by atoms with Crippen molar-refractivity contribution in [2.75, 3.05) is 19.7 Å². The van der Waals surface area contributed by atoms with Gasteiger partial charge in [0.15, 0.2) is 0 Å². The fourth-order valence-corrected chi connectivity index (χ4v) is 4.77. The molecular formula is C19H28N2O3. The minimum Gasteiger partial charge on any atom is -0.472 e. The molecule has 1 aromatic heterocycles. The van der Waals surface area contributed by atoms with Gasteiger partial charge < -0.3 is 19.4 Å². The molecule has 4 rings (SSSR count). The Morgan fingerprint density at radius 2 is 2.21 bits per heavy atom. The molecule has 5 heteroatoms. The summed E-state index contributed by atoms with van der Waals surface area (Å²) in [6.07, 6.45) is 10.8. The summed E-state index contributed by atoms with van der Waals surface area (Å²) in [4.78, 5) is 14.3. The summed E-state index contributed by atoms with van der Waals surface area (Å²) in [5.41, 5.74) is 1.08. The highest BCUT2D eigenvalue weighted by Gasteiger charge is 2.59. The first-order valence-corrected chi connectivity index (χ1v) is 9.42. The number of carbonyl (C=O) groups is 1. The summed E-state index contributed by atoms with van der Waals surface area (Å²) < 4.78 is 11.0. The van der Waals surface area contributed by atoms with Gasteiger partial charge in [0.25, 0.3) is 5.91 Å². The quantitative estimate of drug-likeness (QED) is 0.901. The number of piperidine rings is 1. The average molecular weight is 332 g/mol. The van der Waals surface area contributed by atoms with Gasteiger partial charge in [0.1, 0.15) is 6.26 Å². The van der Waals surface area contributed by atoms with Gasteiger partial charge in [-0.05, 0) is 45.1 Å². The van der Waals surface area contributed by atoms with E-state index in [0.29, 0.717) is 29.2 Å². The number of nitrogens with zero attached hydrogens (tertiary/aromatic N) is 1. The second-order valence-corrected chi connectivity index (χ2v) is 7.56. The Bertz CT molecular complexity index is 559. The van der Waals surface area contributed by atoms with E-state index in [2.05, 4.69) is 12.2 Å². The zero-order valence-electron chi connectivity index (χ0n) is 14.5. The van der Waals surface area contributed by atoms with Crippen molar-refractivity contribution in [2.24, 2.45) is 5.41 Å². The first-order valence-electron chi connectivity index (χ1n) is 9.42. The Labute approximate surface area is 143 Å². The van der Waals surface area contributed by atoms with Gasteiger partial charge >= 0.3 is 0 Å². The number of carbonyl (C=O) groups excluding carboxylic acids is 1. The maximum Gasteiger partial charge on any atom is 0.257 e. The standard InChI is InChI=1S/C19H28N2O3/c1-2-24-17-12-16(19(17)7-3-8-19)20-15-4-9-21(10-5-15)18(22)14-6-11-23-13-14/h6,11,13,15-17,20H,2-5,7-10,12H2,1H3/t16-,17+/m1/s1. The molecule has 2 aliphatic carbocycles. The molecule has 0 bridgehead atoms. The SMILES string of the molecule is CCO[C@H]1C[C@@H](NC2CCN(C(=O)c3ccoc3)CC2)C12CCC2. The minimum absolute atomic E-state index is 0.0951. The Hall–Kier alpha value is -1.33. The third-order valence-corrected chi connectivity index (χ3v) is 6.42. The molecule has 0 unspecified atom stereocenters. The van der Waals surface area contributed by atoms with Gasteiger partial charge in [-0.3, -0.25) is 4.79 Å². The van der Waals surface area contributed by atoms with E-state index in [4.69, 9.17) is 9.15 Å². The second-order valence-electron chi connectivity index (χ2n) is 7.56. The van der Waals surface area contributed by atoms with Crippen LogP contribution in [-0.4, -0.2) is 48.7 Å². The second kappa shape index (κ2) is 6.52. The summed E-state index contributed by atoms with van der Waals surface area (Å²) in [6, 6.07) is 2.89. The van der Waals surface area contributed by atoms with Crippen LogP contribution < -0.4 is 5.32 Å². The monoisotopic (exact) mass is 332 g/mol. The van der Waals surface area contributed by atoms with E-state index < -0.39 is 0 Å². The van der Waals surface area contributed by atoms with Crippen molar-refractivity contribution >= 4 is 5.91 Å². The lowest BCUT2D eigenvalue weighted by molar-refractivity contribution is -0.175. The van der Waals surface area contributed by atoms with Crippen LogP contribution in [0.4, 0.5) is 0 Å². The van der Waals surface area contributed by atoms with E-state index in [0.717, 1.165) is 39.0 Å². The number of hydrogen-bond acceptors (Lipinski definition) is 4. The van der Waals surface area contributed by atoms with Crippen molar-refractivity contribution in [1.82, 2.24) is 10.2 Å². The van der Waals surface area contributed by atoms with Gasteiger partial charge in [0, 0.05) is 37.2 Å². The molecule has 1 aromatic rings. The van der Waals surface area contributed by atoms with Crippen LogP contribution >= 0.6 is 0 Å². The zero-order valence-corrected chi connectivity index (χ0v) is 14.5. The van der Waals surface area contributed by atoms with Gasteiger partial charge in [0.2, 0.25) is 0 Å². The maximum absolute atomic E-state index is 12.4. The van der Waals surface area contributed by atoms with E-state index in [9.17, 15) is 4.79 Å². The Balaban J connectivity index is 1.27. The molecule has 1 spiro atoms. The van der Waals surface area contributed by atoms with Crippen LogP contribution in [0.2, 0.25) is 0 Å². The molecule has 3 aliphatic rings. The number of nitrogens with one attached hydrogen (secondary N) is 1. The van der Waals surface area contributed by atoms with Crippen LogP contribution in [0.15, 0.2) is 23.0 Å². The van der Waals surface area contributed by atoms with Crippen molar-refractivity contribution in [1.29, 1.82) is 0 Å². The van der Waals surface area contributed by atoms with Crippen molar-refractivity contribution in [2.45, 2.75) is 63.6 Å². The summed E-state index contributed by atoms with van der Waals surface area (Å²) in [6.45, 7) is 4.58. The molecule has 1 N–H and O–H groups in total. The summed E-state index contributed by atoms with van der Waals surface area (Å²) in [5, 5.41) is 3.89. The molecule has 0 radical (unpaired) electrons. The summed E-state index contributed by atoms with van der Waals surface area (Å²) >= 11 is 0. The summed E-state index contributed by atoms with van der Waals surface area (Å²) in [5.74, 6) is 0.0951. The highest BCUT2D eigenvalue weighted by molar-refractivity contribution is 5.93. The largest absolute Gasteiger partial charge is 0.472 e. The summed E-state index contributed by atoms with van der Waals surface area (Å²) in [7, 11) is 0. The highest BCUT2D eigenvalue weighted by Crippen LogP contribution is 2.57. The number of amides is 1. The molecule has 5 nitrogen and oxygen atoms in total. The lowest BCUT2D eigenvalue weighted by atomic mass is 9.51. The molecule has 1 saturated heterocycles. The van der Waals surface area contributed by atoms with Gasteiger partial charge in [-0.2, -0.15) is 0 Å². The van der Waals surface area contributed by atoms with E-state index >= 15 is 0 Å². The van der Waals surface area contributed by atoms with Gasteiger partial charge in [-0.25, -0.2) is 0 Å². The maximum atomic E-state index is 12.4. The molecule has 3 fully saturated rings. The molecule has 2 heterocycles. The van der Waals surface area contributed by atoms with E-state index in [1.807, 2.05) is 4.90 Å². The first-order chi connectivity index (χ1) is 11.7. The molecule has 1 aliphatic heterocycles. The van der Waals surface area contributed by atoms with Crippen molar-refractivity contribution in [3.63, 3.8) is 0 Å². The minimum atomic E-state index is 0.0951. The van der Waals surface area contributed by atoms with Crippen LogP contribution in [-0.2, 0) is 4.74 Å².